The summed E-state index contributed by atoms with van der Waals surface area (Å²) in [5.74, 6) is -1.87. The van der Waals surface area contributed by atoms with E-state index >= 15 is 0 Å². The second-order valence-electron chi connectivity index (χ2n) is 3.79. The number of carbonyl (C=O) groups excluding carboxylic acids is 2. The van der Waals surface area contributed by atoms with Crippen LogP contribution in [0.3, 0.4) is 0 Å². The normalized spacial score (nSPS) is 9.94. The number of nitrogens with zero attached hydrogens (tertiary/aromatic N) is 3. The second-order valence-corrected chi connectivity index (χ2v) is 4.65. The highest BCUT2D eigenvalue weighted by Crippen LogP contribution is 2.11. The van der Waals surface area contributed by atoms with Crippen LogP contribution in [0, 0.1) is 0 Å². The van der Waals surface area contributed by atoms with Crippen LogP contribution in [0.4, 0.5) is 0 Å². The molecule has 0 unspecified atom stereocenters. The fourth-order valence-electron chi connectivity index (χ4n) is 1.05. The van der Waals surface area contributed by atoms with Crippen molar-refractivity contribution in [3.63, 3.8) is 0 Å². The zero-order valence-electron chi connectivity index (χ0n) is 10.2. The van der Waals surface area contributed by atoms with Gasteiger partial charge in [-0.25, -0.2) is 9.78 Å². The molecule has 0 aliphatic carbocycles. The Morgan fingerprint density at radius 1 is 1.33 bits per heavy atom. The SMILES string of the molecule is CN(C)C(=O)CN(C)C(=O)c1nc(C(=O)O)cs1. The Balaban J connectivity index is 2.74. The maximum Gasteiger partial charge on any atom is 0.355 e. The van der Waals surface area contributed by atoms with Crippen molar-refractivity contribution in [2.45, 2.75) is 0 Å². The quantitative estimate of drug-likeness (QED) is 0.832. The van der Waals surface area contributed by atoms with Crippen molar-refractivity contribution >= 4 is 29.1 Å². The third-order valence-corrected chi connectivity index (χ3v) is 2.95. The molecule has 1 N–H and O–H groups in total. The number of likely N-dealkylation sites (N-methyl/N-ethyl adjacent to an activating group) is 2. The van der Waals surface area contributed by atoms with Crippen LogP contribution in [0.5, 0.6) is 0 Å². The molecule has 0 aliphatic heterocycles. The van der Waals surface area contributed by atoms with E-state index in [0.717, 1.165) is 11.3 Å². The average molecular weight is 271 g/mol. The molecule has 0 atom stereocenters. The van der Waals surface area contributed by atoms with E-state index in [-0.39, 0.29) is 23.2 Å². The van der Waals surface area contributed by atoms with Crippen molar-refractivity contribution in [2.75, 3.05) is 27.7 Å². The van der Waals surface area contributed by atoms with E-state index in [4.69, 9.17) is 5.11 Å². The number of carboxylic acid groups (broad SMARTS) is 1. The summed E-state index contributed by atoms with van der Waals surface area (Å²) in [4.78, 5) is 40.2. The molecule has 1 rings (SSSR count). The zero-order valence-corrected chi connectivity index (χ0v) is 11.0. The first-order chi connectivity index (χ1) is 8.32. The minimum Gasteiger partial charge on any atom is -0.476 e. The van der Waals surface area contributed by atoms with Gasteiger partial charge in [-0.3, -0.25) is 9.59 Å². The largest absolute Gasteiger partial charge is 0.476 e. The van der Waals surface area contributed by atoms with Crippen LogP contribution in [-0.2, 0) is 4.79 Å². The van der Waals surface area contributed by atoms with Gasteiger partial charge in [0, 0.05) is 26.5 Å². The Hall–Kier alpha value is -1.96. The van der Waals surface area contributed by atoms with E-state index in [1.165, 1.54) is 22.2 Å². The fourth-order valence-corrected chi connectivity index (χ4v) is 1.83. The number of aromatic nitrogens is 1. The second kappa shape index (κ2) is 5.58. The average Bonchev–Trinajstić information content (AvgIpc) is 2.76. The molecule has 0 radical (unpaired) electrons. The first-order valence-electron chi connectivity index (χ1n) is 4.97. The minimum atomic E-state index is -1.18. The van der Waals surface area contributed by atoms with Crippen LogP contribution in [-0.4, -0.2) is 65.4 Å². The first-order valence-corrected chi connectivity index (χ1v) is 5.85. The summed E-state index contributed by atoms with van der Waals surface area (Å²) in [6, 6.07) is 0. The molecule has 0 saturated heterocycles. The van der Waals surface area contributed by atoms with Gasteiger partial charge in [0.2, 0.25) is 5.91 Å². The Kier molecular flexibility index (Phi) is 4.38. The number of rotatable bonds is 4. The maximum atomic E-state index is 11.8. The Morgan fingerprint density at radius 3 is 2.39 bits per heavy atom. The van der Waals surface area contributed by atoms with Gasteiger partial charge in [-0.2, -0.15) is 0 Å². The Labute approximate surface area is 108 Å². The third kappa shape index (κ3) is 3.27. The molecular weight excluding hydrogens is 258 g/mol. The molecule has 18 heavy (non-hydrogen) atoms. The lowest BCUT2D eigenvalue weighted by atomic mass is 10.4. The molecule has 0 bridgehead atoms. The number of carboxylic acids is 1. The van der Waals surface area contributed by atoms with Gasteiger partial charge in [0.25, 0.3) is 5.91 Å². The maximum absolute atomic E-state index is 11.8. The van der Waals surface area contributed by atoms with Gasteiger partial charge in [0.1, 0.15) is 0 Å². The number of aromatic carboxylic acids is 1. The molecule has 2 amide bonds. The van der Waals surface area contributed by atoms with Gasteiger partial charge in [0.15, 0.2) is 10.7 Å². The summed E-state index contributed by atoms with van der Waals surface area (Å²) < 4.78 is 0. The van der Waals surface area contributed by atoms with Crippen molar-refractivity contribution in [1.29, 1.82) is 0 Å². The van der Waals surface area contributed by atoms with E-state index in [2.05, 4.69) is 4.98 Å². The lowest BCUT2D eigenvalue weighted by molar-refractivity contribution is -0.129. The van der Waals surface area contributed by atoms with Gasteiger partial charge in [-0.1, -0.05) is 0 Å². The topological polar surface area (TPSA) is 90.8 Å². The zero-order chi connectivity index (χ0) is 13.9. The smallest absolute Gasteiger partial charge is 0.355 e. The van der Waals surface area contributed by atoms with Gasteiger partial charge in [-0.15, -0.1) is 11.3 Å². The molecule has 0 fully saturated rings. The summed E-state index contributed by atoms with van der Waals surface area (Å²) in [5.41, 5.74) is -0.171. The summed E-state index contributed by atoms with van der Waals surface area (Å²) in [5, 5.41) is 10.0. The number of thiazole rings is 1. The molecule has 1 aromatic heterocycles. The number of hydrogen-bond acceptors (Lipinski definition) is 5. The number of carbonyl (C=O) groups is 3. The third-order valence-electron chi connectivity index (χ3n) is 2.12. The highest BCUT2D eigenvalue weighted by atomic mass is 32.1. The van der Waals surface area contributed by atoms with Crippen molar-refractivity contribution < 1.29 is 19.5 Å². The van der Waals surface area contributed by atoms with Gasteiger partial charge < -0.3 is 14.9 Å². The first kappa shape index (κ1) is 14.1. The highest BCUT2D eigenvalue weighted by Gasteiger charge is 2.20. The van der Waals surface area contributed by atoms with Crippen LogP contribution in [0.15, 0.2) is 5.38 Å². The van der Waals surface area contributed by atoms with Crippen molar-refractivity contribution in [1.82, 2.24) is 14.8 Å². The van der Waals surface area contributed by atoms with Crippen LogP contribution in [0.2, 0.25) is 0 Å². The fraction of sp³-hybridized carbons (Fsp3) is 0.400. The van der Waals surface area contributed by atoms with Gasteiger partial charge >= 0.3 is 5.97 Å². The van der Waals surface area contributed by atoms with Crippen molar-refractivity contribution in [3.05, 3.63) is 16.1 Å². The Bertz CT molecular complexity index is 483. The lowest BCUT2D eigenvalue weighted by Crippen LogP contribution is -2.37. The molecule has 0 spiro atoms. The molecule has 98 valence electrons. The molecular formula is C10H13N3O4S. The van der Waals surface area contributed by atoms with E-state index in [1.807, 2.05) is 0 Å². The molecule has 1 heterocycles. The molecule has 7 nitrogen and oxygen atoms in total. The minimum absolute atomic E-state index is 0.0569. The van der Waals surface area contributed by atoms with Crippen LogP contribution in [0.1, 0.15) is 20.3 Å². The molecule has 0 aliphatic rings. The molecule has 1 aromatic rings. The molecule has 8 heteroatoms. The van der Waals surface area contributed by atoms with Crippen LogP contribution < -0.4 is 0 Å². The summed E-state index contributed by atoms with van der Waals surface area (Å²) in [7, 11) is 4.64. The highest BCUT2D eigenvalue weighted by molar-refractivity contribution is 7.11. The Morgan fingerprint density at radius 2 is 1.94 bits per heavy atom. The van der Waals surface area contributed by atoms with Gasteiger partial charge in [-0.05, 0) is 0 Å². The van der Waals surface area contributed by atoms with Crippen LogP contribution >= 0.6 is 11.3 Å². The molecule has 0 saturated carbocycles. The lowest BCUT2D eigenvalue weighted by Gasteiger charge is -2.17. The van der Waals surface area contributed by atoms with Crippen LogP contribution in [0.25, 0.3) is 0 Å². The standard InChI is InChI=1S/C10H13N3O4S/c1-12(2)7(14)4-13(3)9(15)8-11-6(5-18-8)10(16)17/h5H,4H2,1-3H3,(H,16,17). The predicted molar refractivity (Wildman–Crippen MR) is 64.7 cm³/mol. The molecule has 0 aromatic carbocycles. The summed E-state index contributed by atoms with van der Waals surface area (Å²) in [6.45, 7) is -0.0756. The van der Waals surface area contributed by atoms with Crippen molar-refractivity contribution in [3.8, 4) is 0 Å². The predicted octanol–water partition coefficient (Wildman–Crippen LogP) is 0.00150. The van der Waals surface area contributed by atoms with E-state index in [0.29, 0.717) is 0 Å². The van der Waals surface area contributed by atoms with Gasteiger partial charge in [0.05, 0.1) is 6.54 Å². The van der Waals surface area contributed by atoms with E-state index in [1.54, 1.807) is 14.1 Å². The van der Waals surface area contributed by atoms with Crippen molar-refractivity contribution in [2.24, 2.45) is 0 Å². The number of amides is 2. The summed E-state index contributed by atoms with van der Waals surface area (Å²) in [6.07, 6.45) is 0. The number of hydrogen-bond donors (Lipinski definition) is 1. The monoisotopic (exact) mass is 271 g/mol. The van der Waals surface area contributed by atoms with E-state index < -0.39 is 11.9 Å². The van der Waals surface area contributed by atoms with E-state index in [9.17, 15) is 14.4 Å². The summed E-state index contributed by atoms with van der Waals surface area (Å²) >= 11 is 0.942.